The molecule has 0 amide bonds. The van der Waals surface area contributed by atoms with Crippen LogP contribution in [0, 0.1) is 6.92 Å². The lowest BCUT2D eigenvalue weighted by Gasteiger charge is -2.01. The van der Waals surface area contributed by atoms with Crippen LogP contribution in [0.15, 0.2) is 36.7 Å². The second kappa shape index (κ2) is 4.09. The Morgan fingerprint density at radius 1 is 1.07 bits per heavy atom. The Balaban J connectivity index is 2.33. The summed E-state index contributed by atoms with van der Waals surface area (Å²) in [6.45, 7) is 3.82. The molecule has 1 aromatic carbocycles. The third-order valence-electron chi connectivity index (χ3n) is 2.08. The van der Waals surface area contributed by atoms with E-state index < -0.39 is 0 Å². The minimum atomic E-state index is 0.660. The van der Waals surface area contributed by atoms with Gasteiger partial charge in [-0.2, -0.15) is 0 Å². The van der Waals surface area contributed by atoms with Crippen LogP contribution in [0.25, 0.3) is 11.4 Å². The summed E-state index contributed by atoms with van der Waals surface area (Å²) in [4.78, 5) is 8.39. The zero-order valence-corrected chi connectivity index (χ0v) is 8.47. The second-order valence-electron chi connectivity index (χ2n) is 3.14. The fraction of sp³-hybridized carbons (Fsp3) is 0.0833. The smallest absolute Gasteiger partial charge is 0.159 e. The van der Waals surface area contributed by atoms with Gasteiger partial charge in [0.05, 0.1) is 19.5 Å². The summed E-state index contributed by atoms with van der Waals surface area (Å²) in [7, 11) is 1.59. The van der Waals surface area contributed by atoms with Gasteiger partial charge in [0, 0.05) is 5.56 Å². The average molecular weight is 199 g/mol. The van der Waals surface area contributed by atoms with Gasteiger partial charge in [-0.1, -0.05) is 24.3 Å². The predicted octanol–water partition coefficient (Wildman–Crippen LogP) is 2.33. The monoisotopic (exact) mass is 199 g/mol. The van der Waals surface area contributed by atoms with Gasteiger partial charge in [-0.3, -0.25) is 0 Å². The minimum Gasteiger partial charge on any atom is -0.494 e. The zero-order valence-electron chi connectivity index (χ0n) is 8.47. The van der Waals surface area contributed by atoms with Crippen LogP contribution in [-0.2, 0) is 0 Å². The molecule has 3 nitrogen and oxygen atoms in total. The van der Waals surface area contributed by atoms with Crippen molar-refractivity contribution >= 4 is 0 Å². The van der Waals surface area contributed by atoms with E-state index in [1.807, 2.05) is 24.3 Å². The maximum atomic E-state index is 4.99. The molecule has 0 saturated heterocycles. The van der Waals surface area contributed by atoms with E-state index in [0.717, 1.165) is 11.1 Å². The molecule has 0 unspecified atom stereocenters. The lowest BCUT2D eigenvalue weighted by molar-refractivity contribution is 0.411. The van der Waals surface area contributed by atoms with E-state index in [-0.39, 0.29) is 0 Å². The molecule has 15 heavy (non-hydrogen) atoms. The van der Waals surface area contributed by atoms with E-state index >= 15 is 0 Å². The van der Waals surface area contributed by atoms with E-state index in [1.54, 1.807) is 19.5 Å². The normalized spacial score (nSPS) is 10.0. The van der Waals surface area contributed by atoms with Crippen molar-refractivity contribution in [3.8, 4) is 17.1 Å². The Kier molecular flexibility index (Phi) is 2.63. The largest absolute Gasteiger partial charge is 0.494 e. The molecule has 75 valence electrons. The second-order valence-corrected chi connectivity index (χ2v) is 3.14. The van der Waals surface area contributed by atoms with Crippen molar-refractivity contribution < 1.29 is 4.74 Å². The SMILES string of the molecule is [CH2]c1ccc(-c2ncc(OC)cn2)cc1. The maximum absolute atomic E-state index is 4.99. The van der Waals surface area contributed by atoms with Crippen molar-refractivity contribution in [1.29, 1.82) is 0 Å². The predicted molar refractivity (Wildman–Crippen MR) is 58.5 cm³/mol. The highest BCUT2D eigenvalue weighted by Crippen LogP contribution is 2.16. The van der Waals surface area contributed by atoms with Gasteiger partial charge >= 0.3 is 0 Å². The topological polar surface area (TPSA) is 35.0 Å². The van der Waals surface area contributed by atoms with Gasteiger partial charge in [0.15, 0.2) is 11.6 Å². The van der Waals surface area contributed by atoms with E-state index in [1.165, 1.54) is 0 Å². The number of hydrogen-bond acceptors (Lipinski definition) is 3. The molecule has 0 aliphatic rings. The molecule has 0 N–H and O–H groups in total. The Labute approximate surface area is 88.8 Å². The first-order valence-corrected chi connectivity index (χ1v) is 4.58. The molecule has 2 rings (SSSR count). The number of ether oxygens (including phenoxy) is 1. The molecular formula is C12H11N2O. The number of hydrogen-bond donors (Lipinski definition) is 0. The summed E-state index contributed by atoms with van der Waals surface area (Å²) in [6.07, 6.45) is 3.31. The van der Waals surface area contributed by atoms with E-state index in [0.29, 0.717) is 11.6 Å². The molecular weight excluding hydrogens is 188 g/mol. The van der Waals surface area contributed by atoms with Gasteiger partial charge in [-0.05, 0) is 12.5 Å². The number of nitrogens with zero attached hydrogens (tertiary/aromatic N) is 2. The van der Waals surface area contributed by atoms with Crippen molar-refractivity contribution in [2.45, 2.75) is 0 Å². The fourth-order valence-corrected chi connectivity index (χ4v) is 1.22. The van der Waals surface area contributed by atoms with E-state index in [9.17, 15) is 0 Å². The molecule has 0 fully saturated rings. The van der Waals surface area contributed by atoms with Crippen molar-refractivity contribution in [2.75, 3.05) is 7.11 Å². The van der Waals surface area contributed by atoms with Gasteiger partial charge < -0.3 is 4.74 Å². The molecule has 2 aromatic rings. The molecule has 0 aliphatic heterocycles. The quantitative estimate of drug-likeness (QED) is 0.744. The van der Waals surface area contributed by atoms with Crippen LogP contribution in [0.5, 0.6) is 5.75 Å². The molecule has 0 aliphatic carbocycles. The van der Waals surface area contributed by atoms with Crippen molar-refractivity contribution in [1.82, 2.24) is 9.97 Å². The highest BCUT2D eigenvalue weighted by Gasteiger charge is 2.00. The lowest BCUT2D eigenvalue weighted by Crippen LogP contribution is -1.90. The van der Waals surface area contributed by atoms with Gasteiger partial charge in [-0.25, -0.2) is 9.97 Å². The Bertz CT molecular complexity index is 434. The molecule has 0 saturated carbocycles. The Hall–Kier alpha value is -1.90. The van der Waals surface area contributed by atoms with E-state index in [4.69, 9.17) is 4.74 Å². The number of methoxy groups -OCH3 is 1. The van der Waals surface area contributed by atoms with Crippen LogP contribution in [0.4, 0.5) is 0 Å². The van der Waals surface area contributed by atoms with Crippen LogP contribution in [0.1, 0.15) is 5.56 Å². The van der Waals surface area contributed by atoms with Crippen LogP contribution >= 0.6 is 0 Å². The van der Waals surface area contributed by atoms with Crippen LogP contribution < -0.4 is 4.74 Å². The first kappa shape index (κ1) is 9.65. The third-order valence-corrected chi connectivity index (χ3v) is 2.08. The van der Waals surface area contributed by atoms with Crippen LogP contribution in [0.2, 0.25) is 0 Å². The third kappa shape index (κ3) is 2.13. The summed E-state index contributed by atoms with van der Waals surface area (Å²) in [6, 6.07) is 7.76. The molecule has 0 atom stereocenters. The summed E-state index contributed by atoms with van der Waals surface area (Å²) in [5, 5.41) is 0. The average Bonchev–Trinajstić information content (AvgIpc) is 2.30. The maximum Gasteiger partial charge on any atom is 0.159 e. The summed E-state index contributed by atoms with van der Waals surface area (Å²) in [5.41, 5.74) is 1.96. The zero-order chi connectivity index (χ0) is 10.7. The minimum absolute atomic E-state index is 0.660. The molecule has 0 bridgehead atoms. The van der Waals surface area contributed by atoms with E-state index in [2.05, 4.69) is 16.9 Å². The first-order valence-electron chi connectivity index (χ1n) is 4.58. The summed E-state index contributed by atoms with van der Waals surface area (Å²) >= 11 is 0. The first-order chi connectivity index (χ1) is 7.29. The Morgan fingerprint density at radius 2 is 1.67 bits per heavy atom. The van der Waals surface area contributed by atoms with Crippen LogP contribution in [0.3, 0.4) is 0 Å². The van der Waals surface area contributed by atoms with Crippen molar-refractivity contribution in [3.05, 3.63) is 49.1 Å². The lowest BCUT2D eigenvalue weighted by atomic mass is 10.1. The molecule has 3 heteroatoms. The van der Waals surface area contributed by atoms with Crippen molar-refractivity contribution in [2.24, 2.45) is 0 Å². The molecule has 1 heterocycles. The standard InChI is InChI=1S/C12H11N2O/c1-9-3-5-10(6-4-9)12-13-7-11(15-2)8-14-12/h3-8H,1H2,2H3. The molecule has 0 spiro atoms. The fourth-order valence-electron chi connectivity index (χ4n) is 1.22. The number of benzene rings is 1. The highest BCUT2D eigenvalue weighted by molar-refractivity contribution is 5.55. The molecule has 1 aromatic heterocycles. The summed E-state index contributed by atoms with van der Waals surface area (Å²) in [5.74, 6) is 1.35. The van der Waals surface area contributed by atoms with Gasteiger partial charge in [-0.15, -0.1) is 0 Å². The van der Waals surface area contributed by atoms with Crippen LogP contribution in [-0.4, -0.2) is 17.1 Å². The summed E-state index contributed by atoms with van der Waals surface area (Å²) < 4.78 is 4.99. The van der Waals surface area contributed by atoms with Gasteiger partial charge in [0.1, 0.15) is 0 Å². The highest BCUT2D eigenvalue weighted by atomic mass is 16.5. The van der Waals surface area contributed by atoms with Gasteiger partial charge in [0.2, 0.25) is 0 Å². The van der Waals surface area contributed by atoms with Gasteiger partial charge in [0.25, 0.3) is 0 Å². The number of rotatable bonds is 2. The molecule has 1 radical (unpaired) electrons. The number of aromatic nitrogens is 2. The van der Waals surface area contributed by atoms with Crippen molar-refractivity contribution in [3.63, 3.8) is 0 Å². The Morgan fingerprint density at radius 3 is 2.20 bits per heavy atom.